The first kappa shape index (κ1) is 7.78. The van der Waals surface area contributed by atoms with Crippen LogP contribution in [0.25, 0.3) is 0 Å². The van der Waals surface area contributed by atoms with Crippen molar-refractivity contribution in [3.8, 4) is 0 Å². The molecule has 1 rings (SSSR count). The molecule has 0 radical (unpaired) electrons. The molecule has 0 aliphatic rings. The molecule has 0 aromatic carbocycles. The minimum atomic E-state index is -0.578. The average Bonchev–Trinajstić information content (AvgIpc) is 2.39. The van der Waals surface area contributed by atoms with Crippen LogP contribution in [-0.4, -0.2) is 16.0 Å². The van der Waals surface area contributed by atoms with Gasteiger partial charge in [-0.1, -0.05) is 4.48 Å². The fourth-order valence-corrected chi connectivity index (χ4v) is 0.728. The lowest BCUT2D eigenvalue weighted by atomic mass is 10.3. The largest absolute Gasteiger partial charge is 0.367 e. The molecule has 0 fully saturated rings. The van der Waals surface area contributed by atoms with Gasteiger partial charge in [0.25, 0.3) is 0 Å². The highest BCUT2D eigenvalue weighted by Gasteiger charge is 2.06. The van der Waals surface area contributed by atoms with Gasteiger partial charge in [0, 0.05) is 19.3 Å². The maximum Gasteiger partial charge on any atom is 0.247 e. The van der Waals surface area contributed by atoms with Crippen LogP contribution in [0.5, 0.6) is 0 Å². The van der Waals surface area contributed by atoms with Crippen molar-refractivity contribution in [2.75, 3.05) is 0 Å². The molecule has 0 saturated heterocycles. The van der Waals surface area contributed by atoms with Gasteiger partial charge in [-0.2, -0.15) is 5.12 Å². The van der Waals surface area contributed by atoms with E-state index in [9.17, 15) is 9.28 Å². The zero-order valence-electron chi connectivity index (χ0n) is 6.17. The molecule has 1 N–H and O–H groups in total. The molecule has 0 spiro atoms. The molecular formula is C7H9FN2O. The molecule has 0 aliphatic heterocycles. The molecule has 4 heteroatoms. The fourth-order valence-electron chi connectivity index (χ4n) is 0.728. The third kappa shape index (κ3) is 2.07. The Kier molecular flexibility index (Phi) is 2.25. The monoisotopic (exact) mass is 156 g/mol. The first-order chi connectivity index (χ1) is 5.20. The number of carbonyl (C=O) groups excluding carboxylic acids is 1. The van der Waals surface area contributed by atoms with Gasteiger partial charge in [-0.05, 0) is 11.6 Å². The van der Waals surface area contributed by atoms with Gasteiger partial charge < -0.3 is 4.98 Å². The summed E-state index contributed by atoms with van der Waals surface area (Å²) in [4.78, 5) is 13.2. The van der Waals surface area contributed by atoms with Crippen LogP contribution in [0.3, 0.4) is 0 Å². The topological polar surface area (TPSA) is 36.1 Å². The van der Waals surface area contributed by atoms with E-state index in [2.05, 4.69) is 4.98 Å². The Balaban J connectivity index is 2.50. The van der Waals surface area contributed by atoms with Crippen molar-refractivity contribution in [1.29, 1.82) is 0 Å². The summed E-state index contributed by atoms with van der Waals surface area (Å²) in [5.41, 5.74) is 0.753. The van der Waals surface area contributed by atoms with Crippen LogP contribution in [0.4, 0.5) is 4.48 Å². The molecule has 60 valence electrons. The van der Waals surface area contributed by atoms with Crippen LogP contribution < -0.4 is 0 Å². The molecule has 0 bridgehead atoms. The standard InChI is InChI=1S/C7H9FN2O/c1-6(11)10(8)5-7-2-3-9-4-7/h2-4,9H,5H2,1H3. The molecule has 1 aromatic heterocycles. The maximum atomic E-state index is 12.6. The number of aromatic nitrogens is 1. The third-order valence-corrected chi connectivity index (χ3v) is 1.33. The van der Waals surface area contributed by atoms with Gasteiger partial charge in [-0.15, -0.1) is 0 Å². The van der Waals surface area contributed by atoms with E-state index in [1.165, 1.54) is 6.92 Å². The molecule has 1 aromatic rings. The predicted octanol–water partition coefficient (Wildman–Crippen LogP) is 1.25. The van der Waals surface area contributed by atoms with Crippen molar-refractivity contribution in [3.05, 3.63) is 24.0 Å². The van der Waals surface area contributed by atoms with E-state index < -0.39 is 5.91 Å². The van der Waals surface area contributed by atoms with Crippen molar-refractivity contribution >= 4 is 5.91 Å². The summed E-state index contributed by atoms with van der Waals surface area (Å²) < 4.78 is 12.6. The minimum Gasteiger partial charge on any atom is -0.367 e. The van der Waals surface area contributed by atoms with Crippen molar-refractivity contribution in [2.24, 2.45) is 0 Å². The highest BCUT2D eigenvalue weighted by atomic mass is 19.2. The average molecular weight is 156 g/mol. The lowest BCUT2D eigenvalue weighted by molar-refractivity contribution is -0.145. The van der Waals surface area contributed by atoms with E-state index in [-0.39, 0.29) is 11.7 Å². The van der Waals surface area contributed by atoms with E-state index in [0.29, 0.717) is 0 Å². The van der Waals surface area contributed by atoms with Gasteiger partial charge in [0.2, 0.25) is 5.91 Å². The quantitative estimate of drug-likeness (QED) is 0.642. The van der Waals surface area contributed by atoms with Gasteiger partial charge in [-0.3, -0.25) is 4.79 Å². The first-order valence-electron chi connectivity index (χ1n) is 3.25. The van der Waals surface area contributed by atoms with Crippen LogP contribution in [0, 0.1) is 0 Å². The van der Waals surface area contributed by atoms with Gasteiger partial charge in [-0.25, -0.2) is 0 Å². The van der Waals surface area contributed by atoms with E-state index in [4.69, 9.17) is 0 Å². The zero-order chi connectivity index (χ0) is 8.27. The molecule has 0 aliphatic carbocycles. The number of nitrogens with zero attached hydrogens (tertiary/aromatic N) is 1. The number of rotatable bonds is 2. The van der Waals surface area contributed by atoms with Crippen LogP contribution >= 0.6 is 0 Å². The van der Waals surface area contributed by atoms with Crippen molar-refractivity contribution < 1.29 is 9.28 Å². The maximum absolute atomic E-state index is 12.6. The van der Waals surface area contributed by atoms with Gasteiger partial charge in [0.15, 0.2) is 0 Å². The summed E-state index contributed by atoms with van der Waals surface area (Å²) in [6, 6.07) is 1.72. The Labute approximate surface area is 63.8 Å². The molecule has 1 amide bonds. The number of carbonyl (C=O) groups is 1. The summed E-state index contributed by atoms with van der Waals surface area (Å²) in [5, 5.41) is 0.170. The van der Waals surface area contributed by atoms with Crippen LogP contribution in [0.2, 0.25) is 0 Å². The third-order valence-electron chi connectivity index (χ3n) is 1.33. The fraction of sp³-hybridized carbons (Fsp3) is 0.286. The summed E-state index contributed by atoms with van der Waals surface area (Å²) in [5.74, 6) is -0.578. The summed E-state index contributed by atoms with van der Waals surface area (Å²) >= 11 is 0. The van der Waals surface area contributed by atoms with Crippen molar-refractivity contribution in [2.45, 2.75) is 13.5 Å². The summed E-state index contributed by atoms with van der Waals surface area (Å²) in [6.45, 7) is 1.20. The Morgan fingerprint density at radius 1 is 1.82 bits per heavy atom. The number of hydrogen-bond acceptors (Lipinski definition) is 1. The molecule has 0 saturated carbocycles. The number of halogens is 1. The number of hydrogen-bond donors (Lipinski definition) is 1. The Morgan fingerprint density at radius 2 is 2.55 bits per heavy atom. The smallest absolute Gasteiger partial charge is 0.247 e. The van der Waals surface area contributed by atoms with Crippen LogP contribution in [0.1, 0.15) is 12.5 Å². The second-order valence-electron chi connectivity index (χ2n) is 2.26. The molecular weight excluding hydrogens is 147 g/mol. The number of aromatic amines is 1. The number of H-pyrrole nitrogens is 1. The predicted molar refractivity (Wildman–Crippen MR) is 38.1 cm³/mol. The molecule has 0 atom stereocenters. The second kappa shape index (κ2) is 3.18. The normalized spacial score (nSPS) is 9.64. The summed E-state index contributed by atoms with van der Waals surface area (Å²) in [7, 11) is 0. The van der Waals surface area contributed by atoms with Crippen molar-refractivity contribution in [1.82, 2.24) is 10.1 Å². The van der Waals surface area contributed by atoms with E-state index in [1.54, 1.807) is 18.5 Å². The van der Waals surface area contributed by atoms with Gasteiger partial charge >= 0.3 is 0 Å². The summed E-state index contributed by atoms with van der Waals surface area (Å²) in [6.07, 6.45) is 3.33. The Morgan fingerprint density at radius 3 is 3.00 bits per heavy atom. The van der Waals surface area contributed by atoms with E-state index in [0.717, 1.165) is 5.56 Å². The number of nitrogens with one attached hydrogen (secondary N) is 1. The molecule has 0 unspecified atom stereocenters. The molecule has 11 heavy (non-hydrogen) atoms. The molecule has 3 nitrogen and oxygen atoms in total. The Bertz CT molecular complexity index is 233. The SMILES string of the molecule is CC(=O)N(F)Cc1cc[nH]c1. The van der Waals surface area contributed by atoms with Crippen LogP contribution in [-0.2, 0) is 11.3 Å². The zero-order valence-corrected chi connectivity index (χ0v) is 6.17. The molecule has 1 heterocycles. The highest BCUT2D eigenvalue weighted by molar-refractivity contribution is 5.71. The number of amides is 1. The van der Waals surface area contributed by atoms with Crippen molar-refractivity contribution in [3.63, 3.8) is 0 Å². The highest BCUT2D eigenvalue weighted by Crippen LogP contribution is 2.03. The minimum absolute atomic E-state index is 0.0127. The van der Waals surface area contributed by atoms with Crippen LogP contribution in [0.15, 0.2) is 18.5 Å². The van der Waals surface area contributed by atoms with Gasteiger partial charge in [0.05, 0.1) is 6.54 Å². The van der Waals surface area contributed by atoms with Gasteiger partial charge in [0.1, 0.15) is 0 Å². The first-order valence-corrected chi connectivity index (χ1v) is 3.25. The lowest BCUT2D eigenvalue weighted by Gasteiger charge is -2.06. The van der Waals surface area contributed by atoms with E-state index >= 15 is 0 Å². The Hall–Kier alpha value is -1.32. The lowest BCUT2D eigenvalue weighted by Crippen LogP contribution is -2.18. The second-order valence-corrected chi connectivity index (χ2v) is 2.26. The van der Waals surface area contributed by atoms with E-state index in [1.807, 2.05) is 0 Å².